The van der Waals surface area contributed by atoms with E-state index >= 15 is 0 Å². The van der Waals surface area contributed by atoms with Crippen LogP contribution in [0.1, 0.15) is 19.8 Å². The van der Waals surface area contributed by atoms with Crippen molar-refractivity contribution in [2.24, 2.45) is 0 Å². The first-order valence-electron chi connectivity index (χ1n) is 9.52. The number of hydrogen-bond acceptors (Lipinski definition) is 7. The van der Waals surface area contributed by atoms with Crippen LogP contribution < -0.4 is 0 Å². The Morgan fingerprint density at radius 2 is 0.692 bits per heavy atom. The molecule has 0 aromatic carbocycles. The smallest absolute Gasteiger partial charge is 0.113 e. The standard InChI is InChI=1S/C18H37FO7/c1-2-3-5-20-7-9-22-11-13-24-15-17-26-18-16-25-14-12-23-10-8-21-6-4-19/h2-18H2,1H3. The Morgan fingerprint density at radius 3 is 0.962 bits per heavy atom. The Kier molecular flexibility index (Phi) is 24.3. The molecule has 0 aromatic rings. The molecule has 0 saturated heterocycles. The van der Waals surface area contributed by atoms with E-state index in [4.69, 9.17) is 33.2 Å². The molecule has 0 aliphatic carbocycles. The lowest BCUT2D eigenvalue weighted by atomic mass is 10.4. The first kappa shape index (κ1) is 25.6. The van der Waals surface area contributed by atoms with Crippen molar-refractivity contribution in [2.75, 3.05) is 99.2 Å². The summed E-state index contributed by atoms with van der Waals surface area (Å²) < 4.78 is 48.8. The maximum Gasteiger partial charge on any atom is 0.113 e. The second kappa shape index (κ2) is 24.7. The minimum atomic E-state index is -0.462. The maximum absolute atomic E-state index is 11.7. The van der Waals surface area contributed by atoms with Gasteiger partial charge in [0.15, 0.2) is 0 Å². The second-order valence-electron chi connectivity index (χ2n) is 5.33. The minimum Gasteiger partial charge on any atom is -0.379 e. The zero-order valence-electron chi connectivity index (χ0n) is 16.3. The second-order valence-corrected chi connectivity index (χ2v) is 5.33. The summed E-state index contributed by atoms with van der Waals surface area (Å²) in [6.07, 6.45) is 2.25. The predicted molar refractivity (Wildman–Crippen MR) is 96.6 cm³/mol. The zero-order valence-corrected chi connectivity index (χ0v) is 16.3. The van der Waals surface area contributed by atoms with E-state index in [2.05, 4.69) is 6.92 Å². The average molecular weight is 384 g/mol. The van der Waals surface area contributed by atoms with Gasteiger partial charge >= 0.3 is 0 Å². The van der Waals surface area contributed by atoms with Crippen LogP contribution in [-0.2, 0) is 33.2 Å². The third kappa shape index (κ3) is 23.6. The summed E-state index contributed by atoms with van der Waals surface area (Å²) in [7, 11) is 0. The Labute approximate surface area is 157 Å². The van der Waals surface area contributed by atoms with Crippen LogP contribution in [0.3, 0.4) is 0 Å². The summed E-state index contributed by atoms with van der Waals surface area (Å²) in [5.41, 5.74) is 0. The molecule has 26 heavy (non-hydrogen) atoms. The van der Waals surface area contributed by atoms with Crippen LogP contribution in [0.4, 0.5) is 4.39 Å². The highest BCUT2D eigenvalue weighted by molar-refractivity contribution is 4.37. The summed E-state index contributed by atoms with van der Waals surface area (Å²) in [4.78, 5) is 0. The van der Waals surface area contributed by atoms with Gasteiger partial charge in [0, 0.05) is 6.61 Å². The lowest BCUT2D eigenvalue weighted by Gasteiger charge is -2.08. The molecule has 0 heterocycles. The number of ether oxygens (including phenoxy) is 7. The topological polar surface area (TPSA) is 64.6 Å². The molecule has 0 amide bonds. The summed E-state index contributed by atoms with van der Waals surface area (Å²) >= 11 is 0. The van der Waals surface area contributed by atoms with Crippen LogP contribution in [0.15, 0.2) is 0 Å². The van der Waals surface area contributed by atoms with Crippen molar-refractivity contribution in [2.45, 2.75) is 19.8 Å². The lowest BCUT2D eigenvalue weighted by Crippen LogP contribution is -2.14. The van der Waals surface area contributed by atoms with E-state index in [-0.39, 0.29) is 6.61 Å². The Hall–Kier alpha value is -0.350. The van der Waals surface area contributed by atoms with Crippen molar-refractivity contribution in [1.82, 2.24) is 0 Å². The fourth-order valence-corrected chi connectivity index (χ4v) is 1.72. The van der Waals surface area contributed by atoms with Gasteiger partial charge < -0.3 is 33.2 Å². The number of hydrogen-bond donors (Lipinski definition) is 0. The highest BCUT2D eigenvalue weighted by atomic mass is 19.1. The normalized spacial score (nSPS) is 11.3. The molecule has 0 atom stereocenters. The molecule has 0 fully saturated rings. The molecular weight excluding hydrogens is 347 g/mol. The predicted octanol–water partition coefficient (Wildman–Crippen LogP) is 1.87. The van der Waals surface area contributed by atoms with Gasteiger partial charge in [-0.15, -0.1) is 0 Å². The van der Waals surface area contributed by atoms with Crippen LogP contribution in [0.5, 0.6) is 0 Å². The highest BCUT2D eigenvalue weighted by Crippen LogP contribution is 1.88. The van der Waals surface area contributed by atoms with Gasteiger partial charge in [0.25, 0.3) is 0 Å². The molecule has 0 rings (SSSR count). The number of halogens is 1. The highest BCUT2D eigenvalue weighted by Gasteiger charge is 1.94. The Morgan fingerprint density at radius 1 is 0.423 bits per heavy atom. The molecule has 8 heteroatoms. The van der Waals surface area contributed by atoms with Crippen molar-refractivity contribution in [3.05, 3.63) is 0 Å². The first-order chi connectivity index (χ1) is 12.9. The number of alkyl halides is 1. The van der Waals surface area contributed by atoms with E-state index < -0.39 is 6.67 Å². The Bertz CT molecular complexity index is 224. The zero-order chi connectivity index (χ0) is 19.0. The van der Waals surface area contributed by atoms with Crippen molar-refractivity contribution in [3.63, 3.8) is 0 Å². The van der Waals surface area contributed by atoms with E-state index in [1.165, 1.54) is 0 Å². The number of rotatable bonds is 23. The van der Waals surface area contributed by atoms with E-state index in [0.717, 1.165) is 19.4 Å². The molecule has 0 radical (unpaired) electrons. The molecule has 0 saturated carbocycles. The van der Waals surface area contributed by atoms with E-state index in [0.29, 0.717) is 79.3 Å². The SMILES string of the molecule is CCCCOCCOCCOCCOCCOCCOCCOCCF. The number of unbranched alkanes of at least 4 members (excludes halogenated alkanes) is 1. The van der Waals surface area contributed by atoms with E-state index in [1.54, 1.807) is 0 Å². The molecular formula is C18H37FO7. The molecule has 0 aliphatic heterocycles. The maximum atomic E-state index is 11.7. The van der Waals surface area contributed by atoms with Crippen LogP contribution in [0, 0.1) is 0 Å². The monoisotopic (exact) mass is 384 g/mol. The molecule has 0 bridgehead atoms. The van der Waals surface area contributed by atoms with Gasteiger partial charge in [-0.25, -0.2) is 4.39 Å². The van der Waals surface area contributed by atoms with Crippen LogP contribution in [0.25, 0.3) is 0 Å². The molecule has 0 aliphatic rings. The summed E-state index contributed by atoms with van der Waals surface area (Å²) in [6, 6.07) is 0. The molecule has 158 valence electrons. The minimum absolute atomic E-state index is 0.127. The summed E-state index contributed by atoms with van der Waals surface area (Å²) in [5, 5.41) is 0. The molecule has 0 unspecified atom stereocenters. The van der Waals surface area contributed by atoms with Crippen LogP contribution in [0.2, 0.25) is 0 Å². The van der Waals surface area contributed by atoms with Gasteiger partial charge in [-0.05, 0) is 6.42 Å². The van der Waals surface area contributed by atoms with E-state index in [1.807, 2.05) is 0 Å². The van der Waals surface area contributed by atoms with Crippen molar-refractivity contribution in [3.8, 4) is 0 Å². The first-order valence-corrected chi connectivity index (χ1v) is 9.52. The third-order valence-corrected chi connectivity index (χ3v) is 3.10. The Balaban J connectivity index is 2.95. The molecule has 0 N–H and O–H groups in total. The quantitative estimate of drug-likeness (QED) is 0.249. The van der Waals surface area contributed by atoms with Gasteiger partial charge in [-0.1, -0.05) is 13.3 Å². The van der Waals surface area contributed by atoms with Crippen molar-refractivity contribution < 1.29 is 37.5 Å². The molecule has 7 nitrogen and oxygen atoms in total. The van der Waals surface area contributed by atoms with Gasteiger partial charge in [-0.3, -0.25) is 0 Å². The van der Waals surface area contributed by atoms with Crippen LogP contribution >= 0.6 is 0 Å². The van der Waals surface area contributed by atoms with Crippen molar-refractivity contribution >= 4 is 0 Å². The summed E-state index contributed by atoms with van der Waals surface area (Å²) in [5.74, 6) is 0. The molecule has 0 spiro atoms. The van der Waals surface area contributed by atoms with Crippen molar-refractivity contribution in [1.29, 1.82) is 0 Å². The third-order valence-electron chi connectivity index (χ3n) is 3.10. The van der Waals surface area contributed by atoms with E-state index in [9.17, 15) is 4.39 Å². The fraction of sp³-hybridized carbons (Fsp3) is 1.00. The lowest BCUT2D eigenvalue weighted by molar-refractivity contribution is -0.0208. The van der Waals surface area contributed by atoms with Crippen LogP contribution in [-0.4, -0.2) is 99.2 Å². The fourth-order valence-electron chi connectivity index (χ4n) is 1.72. The summed E-state index contributed by atoms with van der Waals surface area (Å²) in [6.45, 7) is 8.95. The average Bonchev–Trinajstić information content (AvgIpc) is 2.66. The van der Waals surface area contributed by atoms with Gasteiger partial charge in [0.05, 0.1) is 85.9 Å². The van der Waals surface area contributed by atoms with Gasteiger partial charge in [-0.2, -0.15) is 0 Å². The largest absolute Gasteiger partial charge is 0.379 e. The van der Waals surface area contributed by atoms with Gasteiger partial charge in [0.1, 0.15) is 6.67 Å². The van der Waals surface area contributed by atoms with Gasteiger partial charge in [0.2, 0.25) is 0 Å². The molecule has 0 aromatic heterocycles.